The van der Waals surface area contributed by atoms with Crippen molar-refractivity contribution in [2.75, 3.05) is 0 Å². The van der Waals surface area contributed by atoms with E-state index in [9.17, 15) is 0 Å². The molecule has 2 rings (SSSR count). The Morgan fingerprint density at radius 3 is 1.54 bits per heavy atom. The van der Waals surface area contributed by atoms with E-state index in [2.05, 4.69) is 18.5 Å². The molecule has 76 valence electrons. The fourth-order valence-electron chi connectivity index (χ4n) is 0.778. The van der Waals surface area contributed by atoms with E-state index in [1.165, 1.54) is 10.6 Å². The van der Waals surface area contributed by atoms with E-state index >= 15 is 0 Å². The summed E-state index contributed by atoms with van der Waals surface area (Å²) in [5.74, 6) is 0. The Kier molecular flexibility index (Phi) is 7.53. The molecule has 0 radical (unpaired) electrons. The molecule has 0 saturated heterocycles. The van der Waals surface area contributed by atoms with Gasteiger partial charge in [-0.1, -0.05) is 0 Å². The third-order valence-electron chi connectivity index (χ3n) is 1.38. The molecule has 13 heavy (non-hydrogen) atoms. The molecular weight excluding hydrogens is 238 g/mol. The second-order valence-corrected chi connectivity index (χ2v) is 3.77. The first-order chi connectivity index (χ1) is 5.79. The average Bonchev–Trinajstić information content (AvgIpc) is 2.63. The minimum Gasteiger partial charge on any atom is -0.747 e. The molecule has 0 aliphatic heterocycles. The molecule has 2 unspecified atom stereocenters. The van der Waals surface area contributed by atoms with Crippen LogP contribution in [-0.4, -0.2) is 0 Å². The van der Waals surface area contributed by atoms with Crippen molar-refractivity contribution in [3.05, 3.63) is 48.5 Å². The second-order valence-electron chi connectivity index (χ2n) is 2.44. The molecule has 2 aromatic rings. The van der Waals surface area contributed by atoms with Crippen LogP contribution in [0.15, 0.2) is 48.5 Å². The van der Waals surface area contributed by atoms with Crippen LogP contribution in [0.1, 0.15) is 0 Å². The maximum Gasteiger partial charge on any atom is 0 e. The summed E-state index contributed by atoms with van der Waals surface area (Å²) in [5, 5.41) is 2.52. The van der Waals surface area contributed by atoms with E-state index < -0.39 is 0 Å². The largest absolute Gasteiger partial charge is 0.747 e. The van der Waals surface area contributed by atoms with Crippen molar-refractivity contribution in [1.29, 1.82) is 0 Å². The SMILES string of the molecule is P[c-]1[cH-][cH-][cH-][cH-]1.P[c-]1cccc1.[Fe]. The van der Waals surface area contributed by atoms with Gasteiger partial charge >= 0.3 is 0 Å². The second kappa shape index (κ2) is 7.48. The number of hydrogen-bond donors (Lipinski definition) is 0. The van der Waals surface area contributed by atoms with Crippen molar-refractivity contribution < 1.29 is 17.1 Å². The van der Waals surface area contributed by atoms with Crippen LogP contribution < -0.4 is 10.6 Å². The van der Waals surface area contributed by atoms with Crippen LogP contribution in [0.2, 0.25) is 0 Å². The molecule has 0 aromatic heterocycles. The monoisotopic (exact) mass is 250 g/mol. The Balaban J connectivity index is 0.000000206. The molecular formula is C10H12FeP2-6. The van der Waals surface area contributed by atoms with Crippen molar-refractivity contribution >= 4 is 29.1 Å². The van der Waals surface area contributed by atoms with E-state index in [4.69, 9.17) is 0 Å². The predicted molar refractivity (Wildman–Crippen MR) is 62.8 cm³/mol. The van der Waals surface area contributed by atoms with E-state index in [0.29, 0.717) is 0 Å². The minimum atomic E-state index is 0. The van der Waals surface area contributed by atoms with Gasteiger partial charge in [-0.05, 0) is 0 Å². The van der Waals surface area contributed by atoms with Crippen LogP contribution in [-0.2, 0) is 17.1 Å². The molecule has 2 atom stereocenters. The molecule has 2 aromatic carbocycles. The van der Waals surface area contributed by atoms with Gasteiger partial charge in [-0.15, -0.1) is 5.30 Å². The van der Waals surface area contributed by atoms with Gasteiger partial charge in [0.25, 0.3) is 0 Å². The molecule has 0 amide bonds. The normalized spacial score (nSPS) is 8.15. The van der Waals surface area contributed by atoms with Gasteiger partial charge in [-0.25, -0.2) is 12.1 Å². The van der Waals surface area contributed by atoms with Crippen molar-refractivity contribution in [3.63, 3.8) is 0 Å². The first-order valence-electron chi connectivity index (χ1n) is 3.73. The van der Waals surface area contributed by atoms with Crippen LogP contribution in [0.5, 0.6) is 0 Å². The topological polar surface area (TPSA) is 0 Å². The van der Waals surface area contributed by atoms with Crippen LogP contribution >= 0.6 is 18.5 Å². The van der Waals surface area contributed by atoms with E-state index in [-0.39, 0.29) is 17.1 Å². The zero-order valence-electron chi connectivity index (χ0n) is 7.13. The molecule has 0 aliphatic carbocycles. The van der Waals surface area contributed by atoms with Gasteiger partial charge in [-0.3, -0.25) is 0 Å². The minimum absolute atomic E-state index is 0. The molecule has 0 heterocycles. The summed E-state index contributed by atoms with van der Waals surface area (Å²) in [4.78, 5) is 0. The van der Waals surface area contributed by atoms with Gasteiger partial charge in [0.1, 0.15) is 0 Å². The smallest absolute Gasteiger partial charge is 0 e. The first kappa shape index (κ1) is 13.1. The summed E-state index contributed by atoms with van der Waals surface area (Å²) >= 11 is 0. The van der Waals surface area contributed by atoms with Crippen molar-refractivity contribution in [1.82, 2.24) is 0 Å². The van der Waals surface area contributed by atoms with E-state index in [0.717, 1.165) is 0 Å². The van der Waals surface area contributed by atoms with Crippen LogP contribution in [0.25, 0.3) is 0 Å². The van der Waals surface area contributed by atoms with Crippen LogP contribution in [0, 0.1) is 0 Å². The Labute approximate surface area is 94.7 Å². The van der Waals surface area contributed by atoms with Crippen molar-refractivity contribution in [2.24, 2.45) is 0 Å². The Bertz CT molecular complexity index is 252. The summed E-state index contributed by atoms with van der Waals surface area (Å²) in [7, 11) is 5.23. The molecule has 0 saturated carbocycles. The quantitative estimate of drug-likeness (QED) is 0.380. The summed E-state index contributed by atoms with van der Waals surface area (Å²) in [6, 6.07) is 16.2. The zero-order chi connectivity index (χ0) is 8.81. The maximum absolute atomic E-state index is 2.62. The predicted octanol–water partition coefficient (Wildman–Crippen LogP) is 1.81. The number of hydrogen-bond acceptors (Lipinski definition) is 0. The molecule has 0 aliphatic rings. The van der Waals surface area contributed by atoms with Crippen LogP contribution in [0.4, 0.5) is 0 Å². The van der Waals surface area contributed by atoms with Gasteiger partial charge in [0.2, 0.25) is 0 Å². The molecule has 0 N–H and O–H groups in total. The third-order valence-corrected chi connectivity index (χ3v) is 2.15. The average molecular weight is 250 g/mol. The fraction of sp³-hybridized carbons (Fsp3) is 0. The Hall–Kier alpha value is 0.0795. The van der Waals surface area contributed by atoms with Crippen molar-refractivity contribution in [2.45, 2.75) is 0 Å². The third kappa shape index (κ3) is 6.19. The molecule has 0 spiro atoms. The van der Waals surface area contributed by atoms with Crippen LogP contribution in [0.3, 0.4) is 0 Å². The standard InChI is InChI=1S/2C5H6P.Fe/c2*6-5-3-1-2-4-5;/h2*1-4H,6H2;/q-5;-1;. The summed E-state index contributed by atoms with van der Waals surface area (Å²) in [6.45, 7) is 0. The summed E-state index contributed by atoms with van der Waals surface area (Å²) < 4.78 is 0. The van der Waals surface area contributed by atoms with Gasteiger partial charge < -0.3 is 38.8 Å². The molecule has 0 fully saturated rings. The van der Waals surface area contributed by atoms with E-state index in [1.807, 2.05) is 48.5 Å². The summed E-state index contributed by atoms with van der Waals surface area (Å²) in [5.41, 5.74) is 0. The fourth-order valence-corrected chi connectivity index (χ4v) is 1.22. The molecule has 0 bridgehead atoms. The molecule has 3 heteroatoms. The Morgan fingerprint density at radius 1 is 0.923 bits per heavy atom. The van der Waals surface area contributed by atoms with Gasteiger partial charge in [0, 0.05) is 17.1 Å². The number of rotatable bonds is 0. The van der Waals surface area contributed by atoms with Gasteiger partial charge in [-0.2, -0.15) is 21.4 Å². The Morgan fingerprint density at radius 2 is 1.38 bits per heavy atom. The first-order valence-corrected chi connectivity index (χ1v) is 4.89. The van der Waals surface area contributed by atoms with Gasteiger partial charge in [0.15, 0.2) is 0 Å². The zero-order valence-corrected chi connectivity index (χ0v) is 10.5. The van der Waals surface area contributed by atoms with E-state index in [1.54, 1.807) is 0 Å². The molecule has 0 nitrogen and oxygen atoms in total. The maximum atomic E-state index is 2.62. The van der Waals surface area contributed by atoms with Gasteiger partial charge in [0.05, 0.1) is 0 Å². The summed E-state index contributed by atoms with van der Waals surface area (Å²) in [6.07, 6.45) is 0. The van der Waals surface area contributed by atoms with Crippen molar-refractivity contribution in [3.8, 4) is 0 Å².